The van der Waals surface area contributed by atoms with Gasteiger partial charge < -0.3 is 20.4 Å². The molecule has 1 aromatic carbocycles. The monoisotopic (exact) mass is 485 g/mol. The first kappa shape index (κ1) is 27.1. The zero-order valence-electron chi connectivity index (χ0n) is 21.6. The number of anilines is 1. The molecule has 2 aliphatic heterocycles. The molecule has 8 nitrogen and oxygen atoms in total. The minimum atomic E-state index is -0.539. The van der Waals surface area contributed by atoms with Crippen molar-refractivity contribution in [3.63, 3.8) is 0 Å². The van der Waals surface area contributed by atoms with Crippen LogP contribution < -0.4 is 15.5 Å². The van der Waals surface area contributed by atoms with Crippen molar-refractivity contribution in [1.29, 1.82) is 0 Å². The number of ketones is 1. The van der Waals surface area contributed by atoms with Crippen LogP contribution >= 0.6 is 0 Å². The number of fused-ring (bicyclic) bond motifs is 1. The lowest BCUT2D eigenvalue weighted by molar-refractivity contribution is -0.129. The van der Waals surface area contributed by atoms with Gasteiger partial charge in [-0.3, -0.25) is 19.3 Å². The van der Waals surface area contributed by atoms with Crippen molar-refractivity contribution in [1.82, 2.24) is 20.4 Å². The molecule has 1 unspecified atom stereocenters. The Morgan fingerprint density at radius 2 is 1.77 bits per heavy atom. The highest BCUT2D eigenvalue weighted by molar-refractivity contribution is 5.88. The van der Waals surface area contributed by atoms with Gasteiger partial charge in [-0.2, -0.15) is 0 Å². The number of benzene rings is 1. The molecule has 0 radical (unpaired) electrons. The maximum atomic E-state index is 13.0. The second-order valence-corrected chi connectivity index (χ2v) is 9.85. The van der Waals surface area contributed by atoms with E-state index in [1.807, 2.05) is 6.92 Å². The van der Waals surface area contributed by atoms with Crippen LogP contribution in [0.3, 0.4) is 0 Å². The molecule has 1 aromatic rings. The molecule has 3 rings (SSSR count). The molecule has 0 saturated carbocycles. The second-order valence-electron chi connectivity index (χ2n) is 9.85. The fourth-order valence-electron chi connectivity index (χ4n) is 4.82. The largest absolute Gasteiger partial charge is 0.369 e. The predicted octanol–water partition coefficient (Wildman–Crippen LogP) is 1.83. The highest BCUT2D eigenvalue weighted by atomic mass is 16.2. The first-order chi connectivity index (χ1) is 17.0. The number of piperazine rings is 1. The molecular weight excluding hydrogens is 442 g/mol. The third-order valence-electron chi connectivity index (χ3n) is 7.12. The van der Waals surface area contributed by atoms with E-state index in [2.05, 4.69) is 56.6 Å². The number of rotatable bonds is 14. The SMILES string of the molecule is CCC(=O)CCCCCC(NC(=O)CN1CCN(C)CC1)C(=O)NCCN1CCc2ccccc21. The molecule has 1 saturated heterocycles. The summed E-state index contributed by atoms with van der Waals surface area (Å²) < 4.78 is 0. The van der Waals surface area contributed by atoms with Crippen LogP contribution in [-0.4, -0.2) is 92.8 Å². The third kappa shape index (κ3) is 8.93. The molecule has 1 fully saturated rings. The number of likely N-dealkylation sites (N-methyl/N-ethyl adjacent to an activating group) is 1. The Kier molecular flexibility index (Phi) is 11.0. The van der Waals surface area contributed by atoms with Gasteiger partial charge in [-0.05, 0) is 37.9 Å². The number of hydrogen-bond acceptors (Lipinski definition) is 6. The fraction of sp³-hybridized carbons (Fsp3) is 0.667. The first-order valence-electron chi connectivity index (χ1n) is 13.3. The molecule has 35 heavy (non-hydrogen) atoms. The van der Waals surface area contributed by atoms with Crippen molar-refractivity contribution in [2.45, 2.75) is 57.9 Å². The van der Waals surface area contributed by atoms with Gasteiger partial charge in [0.25, 0.3) is 0 Å². The normalized spacial score (nSPS) is 17.1. The van der Waals surface area contributed by atoms with Crippen LogP contribution in [0.4, 0.5) is 5.69 Å². The summed E-state index contributed by atoms with van der Waals surface area (Å²) in [5.41, 5.74) is 2.61. The number of nitrogens with one attached hydrogen (secondary N) is 2. The molecule has 1 atom stereocenters. The highest BCUT2D eigenvalue weighted by Gasteiger charge is 2.24. The van der Waals surface area contributed by atoms with E-state index in [4.69, 9.17) is 0 Å². The molecule has 2 N–H and O–H groups in total. The van der Waals surface area contributed by atoms with Gasteiger partial charge in [0, 0.05) is 64.3 Å². The van der Waals surface area contributed by atoms with Crippen LogP contribution in [0.15, 0.2) is 24.3 Å². The number of amides is 2. The van der Waals surface area contributed by atoms with E-state index < -0.39 is 6.04 Å². The quantitative estimate of drug-likeness (QED) is 0.391. The molecule has 194 valence electrons. The van der Waals surface area contributed by atoms with Crippen LogP contribution in [-0.2, 0) is 20.8 Å². The molecule has 8 heteroatoms. The van der Waals surface area contributed by atoms with E-state index in [1.54, 1.807) is 0 Å². The maximum absolute atomic E-state index is 13.0. The van der Waals surface area contributed by atoms with Crippen LogP contribution in [0.5, 0.6) is 0 Å². The standard InChI is InChI=1S/C27H43N5O3/c1-3-23(33)10-5-4-6-11-24(29-26(34)21-31-19-17-30(2)18-20-31)27(35)28-14-16-32-15-13-22-9-7-8-12-25(22)32/h7-9,12,24H,3-6,10-11,13-21H2,1-2H3,(H,28,35)(H,29,34). The summed E-state index contributed by atoms with van der Waals surface area (Å²) in [6, 6.07) is 7.87. The number of nitrogens with zero attached hydrogens (tertiary/aromatic N) is 3. The van der Waals surface area contributed by atoms with Gasteiger partial charge in [0.1, 0.15) is 11.8 Å². The van der Waals surface area contributed by atoms with Gasteiger partial charge in [0.05, 0.1) is 6.54 Å². The van der Waals surface area contributed by atoms with E-state index in [1.165, 1.54) is 11.3 Å². The third-order valence-corrected chi connectivity index (χ3v) is 7.12. The van der Waals surface area contributed by atoms with Crippen LogP contribution in [0.1, 0.15) is 51.0 Å². The number of carbonyl (C=O) groups excluding carboxylic acids is 3. The lowest BCUT2D eigenvalue weighted by Crippen LogP contribution is -2.52. The van der Waals surface area contributed by atoms with Crippen molar-refractivity contribution in [3.05, 3.63) is 29.8 Å². The van der Waals surface area contributed by atoms with Crippen molar-refractivity contribution in [2.75, 3.05) is 64.3 Å². The Hall–Kier alpha value is -2.45. The Labute approximate surface area is 210 Å². The molecule has 0 spiro atoms. The summed E-state index contributed by atoms with van der Waals surface area (Å²) in [5.74, 6) is 0.0708. The summed E-state index contributed by atoms with van der Waals surface area (Å²) in [6.07, 6.45) is 5.33. The zero-order chi connectivity index (χ0) is 25.0. The minimum Gasteiger partial charge on any atom is -0.369 e. The molecule has 0 aliphatic carbocycles. The number of hydrogen-bond donors (Lipinski definition) is 2. The molecule has 2 aliphatic rings. The van der Waals surface area contributed by atoms with Crippen LogP contribution in [0.25, 0.3) is 0 Å². The van der Waals surface area contributed by atoms with E-state index in [0.29, 0.717) is 32.4 Å². The van der Waals surface area contributed by atoms with Crippen LogP contribution in [0, 0.1) is 0 Å². The summed E-state index contributed by atoms with van der Waals surface area (Å²) in [6.45, 7) is 8.12. The lowest BCUT2D eigenvalue weighted by atomic mass is 10.0. The summed E-state index contributed by atoms with van der Waals surface area (Å²) in [5, 5.41) is 6.05. The fourth-order valence-corrected chi connectivity index (χ4v) is 4.82. The first-order valence-corrected chi connectivity index (χ1v) is 13.3. The van der Waals surface area contributed by atoms with Gasteiger partial charge in [0.2, 0.25) is 11.8 Å². The average molecular weight is 486 g/mol. The molecule has 0 aromatic heterocycles. The number of carbonyl (C=O) groups is 3. The summed E-state index contributed by atoms with van der Waals surface area (Å²) >= 11 is 0. The minimum absolute atomic E-state index is 0.0932. The van der Waals surface area contributed by atoms with E-state index in [-0.39, 0.29) is 17.6 Å². The average Bonchev–Trinajstić information content (AvgIpc) is 3.27. The Morgan fingerprint density at radius 1 is 1.00 bits per heavy atom. The smallest absolute Gasteiger partial charge is 0.242 e. The van der Waals surface area contributed by atoms with Gasteiger partial charge in [-0.15, -0.1) is 0 Å². The second kappa shape index (κ2) is 14.2. The van der Waals surface area contributed by atoms with E-state index >= 15 is 0 Å². The maximum Gasteiger partial charge on any atom is 0.242 e. The zero-order valence-corrected chi connectivity index (χ0v) is 21.6. The molecule has 0 bridgehead atoms. The van der Waals surface area contributed by atoms with Crippen molar-refractivity contribution >= 4 is 23.3 Å². The Balaban J connectivity index is 1.46. The number of Topliss-reactive ketones (excluding diaryl/α,β-unsaturated/α-hetero) is 1. The number of para-hydroxylation sites is 1. The van der Waals surface area contributed by atoms with E-state index in [9.17, 15) is 14.4 Å². The molecular formula is C27H43N5O3. The van der Waals surface area contributed by atoms with Crippen molar-refractivity contribution in [2.24, 2.45) is 0 Å². The highest BCUT2D eigenvalue weighted by Crippen LogP contribution is 2.26. The van der Waals surface area contributed by atoms with Gasteiger partial charge in [0.15, 0.2) is 0 Å². The summed E-state index contributed by atoms with van der Waals surface area (Å²) in [7, 11) is 2.09. The van der Waals surface area contributed by atoms with Crippen molar-refractivity contribution in [3.8, 4) is 0 Å². The van der Waals surface area contributed by atoms with Gasteiger partial charge >= 0.3 is 0 Å². The van der Waals surface area contributed by atoms with Crippen molar-refractivity contribution < 1.29 is 14.4 Å². The molecule has 2 heterocycles. The predicted molar refractivity (Wildman–Crippen MR) is 140 cm³/mol. The topological polar surface area (TPSA) is 85.0 Å². The lowest BCUT2D eigenvalue weighted by Gasteiger charge is -2.32. The van der Waals surface area contributed by atoms with Crippen LogP contribution in [0.2, 0.25) is 0 Å². The number of unbranched alkanes of at least 4 members (excludes halogenated alkanes) is 2. The summed E-state index contributed by atoms with van der Waals surface area (Å²) in [4.78, 5) is 44.0. The Bertz CT molecular complexity index is 838. The van der Waals surface area contributed by atoms with E-state index in [0.717, 1.165) is 65.0 Å². The molecule has 2 amide bonds. The Morgan fingerprint density at radius 3 is 2.54 bits per heavy atom. The van der Waals surface area contributed by atoms with Gasteiger partial charge in [-0.25, -0.2) is 0 Å². The van der Waals surface area contributed by atoms with Gasteiger partial charge in [-0.1, -0.05) is 38.0 Å².